The molecule has 0 bridgehead atoms. The SMILES string of the molecule is CC(C)COc1ccc(CNC(=O)N(Cc2ccc(F)cc2)C2CC[N+](C)([O-])CC2)cc1. The van der Waals surface area contributed by atoms with Gasteiger partial charge in [-0.15, -0.1) is 0 Å². The number of nitrogens with one attached hydrogen (secondary N) is 1. The Labute approximate surface area is 190 Å². The molecule has 0 saturated carbocycles. The number of quaternary nitrogens is 1. The number of nitrogens with zero attached hydrogens (tertiary/aromatic N) is 2. The first kappa shape index (κ1) is 24.0. The second-order valence-corrected chi connectivity index (χ2v) is 9.24. The third kappa shape index (κ3) is 7.21. The quantitative estimate of drug-likeness (QED) is 0.476. The van der Waals surface area contributed by atoms with E-state index >= 15 is 0 Å². The Hall–Kier alpha value is -2.64. The molecular weight excluding hydrogens is 409 g/mol. The van der Waals surface area contributed by atoms with E-state index in [1.54, 1.807) is 24.1 Å². The van der Waals surface area contributed by atoms with Crippen molar-refractivity contribution in [3.8, 4) is 5.75 Å². The number of hydrogen-bond donors (Lipinski definition) is 1. The summed E-state index contributed by atoms with van der Waals surface area (Å²) in [4.78, 5) is 14.9. The Kier molecular flexibility index (Phi) is 8.10. The minimum Gasteiger partial charge on any atom is -0.633 e. The molecule has 7 heteroatoms. The third-order valence-corrected chi connectivity index (χ3v) is 5.79. The van der Waals surface area contributed by atoms with Crippen LogP contribution in [0.5, 0.6) is 5.75 Å². The van der Waals surface area contributed by atoms with Crippen molar-refractivity contribution in [1.82, 2.24) is 10.2 Å². The van der Waals surface area contributed by atoms with Gasteiger partial charge in [0, 0.05) is 32.0 Å². The van der Waals surface area contributed by atoms with Crippen LogP contribution in [0.1, 0.15) is 37.8 Å². The number of benzene rings is 2. The summed E-state index contributed by atoms with van der Waals surface area (Å²) in [5, 5.41) is 15.3. The fourth-order valence-corrected chi connectivity index (χ4v) is 3.81. The van der Waals surface area contributed by atoms with Crippen LogP contribution in [0, 0.1) is 16.9 Å². The molecule has 0 aliphatic carbocycles. The molecule has 1 fully saturated rings. The summed E-state index contributed by atoms with van der Waals surface area (Å²) < 4.78 is 18.7. The van der Waals surface area contributed by atoms with Crippen LogP contribution < -0.4 is 10.1 Å². The predicted octanol–water partition coefficient (Wildman–Crippen LogP) is 4.68. The fourth-order valence-electron chi connectivity index (χ4n) is 3.81. The average molecular weight is 444 g/mol. The number of likely N-dealkylation sites (tertiary alicyclic amines) is 1. The van der Waals surface area contributed by atoms with Crippen molar-refractivity contribution in [2.75, 3.05) is 26.7 Å². The van der Waals surface area contributed by atoms with Gasteiger partial charge >= 0.3 is 6.03 Å². The minimum absolute atomic E-state index is 0.0213. The minimum atomic E-state index is -0.303. The first-order valence-electron chi connectivity index (χ1n) is 11.3. The molecule has 2 aromatic rings. The zero-order valence-corrected chi connectivity index (χ0v) is 19.2. The molecule has 1 saturated heterocycles. The molecule has 2 amide bonds. The number of halogens is 1. The highest BCUT2D eigenvalue weighted by Gasteiger charge is 2.31. The number of carbonyl (C=O) groups excluding carboxylic acids is 1. The van der Waals surface area contributed by atoms with Crippen LogP contribution in [-0.2, 0) is 13.1 Å². The summed E-state index contributed by atoms with van der Waals surface area (Å²) in [5.41, 5.74) is 1.84. The maximum Gasteiger partial charge on any atom is 0.318 e. The van der Waals surface area contributed by atoms with Crippen molar-refractivity contribution in [3.63, 3.8) is 0 Å². The fraction of sp³-hybridized carbons (Fsp3) is 0.480. The molecule has 1 N–H and O–H groups in total. The summed E-state index contributed by atoms with van der Waals surface area (Å²) in [5.74, 6) is 0.967. The summed E-state index contributed by atoms with van der Waals surface area (Å²) in [6, 6.07) is 13.7. The standard InChI is InChI=1S/C25H34FN3O3/c1-19(2)18-32-24-10-6-20(7-11-24)16-27-25(30)28(17-21-4-8-22(26)9-5-21)23-12-14-29(3,31)15-13-23/h4-11,19,23H,12-18H2,1-3H3,(H,27,30). The predicted molar refractivity (Wildman–Crippen MR) is 123 cm³/mol. The topological polar surface area (TPSA) is 64.6 Å². The molecule has 0 aromatic heterocycles. The van der Waals surface area contributed by atoms with E-state index in [-0.39, 0.29) is 22.5 Å². The van der Waals surface area contributed by atoms with Gasteiger partial charge in [-0.2, -0.15) is 0 Å². The second kappa shape index (κ2) is 10.8. The molecule has 2 aromatic carbocycles. The van der Waals surface area contributed by atoms with Gasteiger partial charge in [-0.1, -0.05) is 38.1 Å². The zero-order valence-electron chi connectivity index (χ0n) is 19.2. The summed E-state index contributed by atoms with van der Waals surface area (Å²) >= 11 is 0. The van der Waals surface area contributed by atoms with E-state index in [1.807, 2.05) is 24.3 Å². The maximum atomic E-state index is 13.3. The zero-order chi connectivity index (χ0) is 23.1. The molecule has 0 radical (unpaired) electrons. The van der Waals surface area contributed by atoms with E-state index in [0.29, 0.717) is 51.5 Å². The monoisotopic (exact) mass is 443 g/mol. The van der Waals surface area contributed by atoms with Crippen molar-refractivity contribution < 1.29 is 18.6 Å². The van der Waals surface area contributed by atoms with E-state index in [4.69, 9.17) is 4.74 Å². The molecule has 0 unspecified atom stereocenters. The highest BCUT2D eigenvalue weighted by molar-refractivity contribution is 5.74. The number of hydrogen-bond acceptors (Lipinski definition) is 3. The molecule has 3 rings (SSSR count). The molecule has 1 heterocycles. The maximum absolute atomic E-state index is 13.3. The lowest BCUT2D eigenvalue weighted by Crippen LogP contribution is -2.53. The highest BCUT2D eigenvalue weighted by Crippen LogP contribution is 2.22. The van der Waals surface area contributed by atoms with Crippen molar-refractivity contribution in [3.05, 3.63) is 70.7 Å². The van der Waals surface area contributed by atoms with Gasteiger partial charge in [-0.3, -0.25) is 0 Å². The third-order valence-electron chi connectivity index (χ3n) is 5.79. The number of ether oxygens (including phenoxy) is 1. The molecule has 32 heavy (non-hydrogen) atoms. The van der Waals surface area contributed by atoms with Crippen LogP contribution in [0.4, 0.5) is 9.18 Å². The van der Waals surface area contributed by atoms with Gasteiger partial charge in [0.1, 0.15) is 11.6 Å². The average Bonchev–Trinajstić information content (AvgIpc) is 2.76. The molecule has 0 atom stereocenters. The smallest absolute Gasteiger partial charge is 0.318 e. The van der Waals surface area contributed by atoms with E-state index < -0.39 is 0 Å². The van der Waals surface area contributed by atoms with Gasteiger partial charge < -0.3 is 24.8 Å². The number of rotatable bonds is 8. The Morgan fingerprint density at radius 2 is 1.72 bits per heavy atom. The molecule has 0 spiro atoms. The van der Waals surface area contributed by atoms with Crippen molar-refractivity contribution >= 4 is 6.03 Å². The lowest BCUT2D eigenvalue weighted by molar-refractivity contribution is -0.866. The van der Waals surface area contributed by atoms with Gasteiger partial charge in [-0.05, 0) is 41.3 Å². The molecule has 1 aliphatic rings. The van der Waals surface area contributed by atoms with E-state index in [1.165, 1.54) is 12.1 Å². The molecule has 174 valence electrons. The van der Waals surface area contributed by atoms with Crippen LogP contribution in [0.25, 0.3) is 0 Å². The van der Waals surface area contributed by atoms with Crippen LogP contribution >= 0.6 is 0 Å². The van der Waals surface area contributed by atoms with Crippen molar-refractivity contribution in [2.45, 2.75) is 45.8 Å². The molecule has 1 aliphatic heterocycles. The van der Waals surface area contributed by atoms with Gasteiger partial charge in [-0.25, -0.2) is 9.18 Å². The number of amides is 2. The van der Waals surface area contributed by atoms with Crippen LogP contribution in [0.2, 0.25) is 0 Å². The van der Waals surface area contributed by atoms with Crippen molar-refractivity contribution in [1.29, 1.82) is 0 Å². The summed E-state index contributed by atoms with van der Waals surface area (Å²) in [6.07, 6.45) is 1.30. The van der Waals surface area contributed by atoms with E-state index in [9.17, 15) is 14.4 Å². The lowest BCUT2D eigenvalue weighted by Gasteiger charge is -2.46. The molecule has 6 nitrogen and oxygen atoms in total. The highest BCUT2D eigenvalue weighted by atomic mass is 19.1. The van der Waals surface area contributed by atoms with Crippen molar-refractivity contribution in [2.24, 2.45) is 5.92 Å². The van der Waals surface area contributed by atoms with Crippen LogP contribution in [0.3, 0.4) is 0 Å². The largest absolute Gasteiger partial charge is 0.633 e. The lowest BCUT2D eigenvalue weighted by atomic mass is 10.0. The Balaban J connectivity index is 1.63. The van der Waals surface area contributed by atoms with Gasteiger partial charge in [0.25, 0.3) is 0 Å². The second-order valence-electron chi connectivity index (χ2n) is 9.24. The summed E-state index contributed by atoms with van der Waals surface area (Å²) in [7, 11) is 1.68. The normalized spacial score (nSPS) is 20.8. The van der Waals surface area contributed by atoms with Crippen LogP contribution in [0.15, 0.2) is 48.5 Å². The van der Waals surface area contributed by atoms with Gasteiger partial charge in [0.05, 0.1) is 26.7 Å². The van der Waals surface area contributed by atoms with E-state index in [2.05, 4.69) is 19.2 Å². The number of carbonyl (C=O) groups is 1. The molecular formula is C25H34FN3O3. The Morgan fingerprint density at radius 3 is 2.31 bits per heavy atom. The van der Waals surface area contributed by atoms with E-state index in [0.717, 1.165) is 16.9 Å². The number of piperidine rings is 1. The number of hydroxylamine groups is 3. The number of urea groups is 1. The van der Waals surface area contributed by atoms with Crippen LogP contribution in [-0.4, -0.2) is 48.4 Å². The van der Waals surface area contributed by atoms with Gasteiger partial charge in [0.15, 0.2) is 0 Å². The Bertz CT molecular complexity index is 859. The Morgan fingerprint density at radius 1 is 1.12 bits per heavy atom. The first-order chi connectivity index (χ1) is 15.2. The first-order valence-corrected chi connectivity index (χ1v) is 11.3. The summed E-state index contributed by atoms with van der Waals surface area (Å²) in [6.45, 7) is 6.60. The van der Waals surface area contributed by atoms with Gasteiger partial charge in [0.2, 0.25) is 0 Å².